The molecule has 0 radical (unpaired) electrons. The van der Waals surface area contributed by atoms with Gasteiger partial charge < -0.3 is 16.0 Å². The van der Waals surface area contributed by atoms with Gasteiger partial charge in [0.2, 0.25) is 5.91 Å². The largest absolute Gasteiger partial charge is 0.348 e. The van der Waals surface area contributed by atoms with Crippen molar-refractivity contribution >= 4 is 23.5 Å². The maximum Gasteiger partial charge on any atom is 0.315 e. The van der Waals surface area contributed by atoms with E-state index in [9.17, 15) is 14.0 Å². The van der Waals surface area contributed by atoms with Gasteiger partial charge in [-0.1, -0.05) is 42.8 Å². The predicted molar refractivity (Wildman–Crippen MR) is 99.3 cm³/mol. The lowest BCUT2D eigenvalue weighted by molar-refractivity contribution is -0.120. The fourth-order valence-electron chi connectivity index (χ4n) is 2.37. The molecule has 5 nitrogen and oxygen atoms in total. The molecule has 0 aromatic heterocycles. The molecule has 2 aromatic rings. The van der Waals surface area contributed by atoms with Crippen molar-refractivity contribution in [1.29, 1.82) is 0 Å². The van der Waals surface area contributed by atoms with Crippen LogP contribution in [-0.2, 0) is 11.3 Å². The van der Waals surface area contributed by atoms with E-state index in [1.807, 2.05) is 19.1 Å². The third kappa shape index (κ3) is 6.37. The van der Waals surface area contributed by atoms with E-state index in [0.29, 0.717) is 11.4 Å². The summed E-state index contributed by atoms with van der Waals surface area (Å²) in [5.41, 5.74) is 1.71. The molecule has 7 heteroatoms. The molecule has 26 heavy (non-hydrogen) atoms. The van der Waals surface area contributed by atoms with Gasteiger partial charge in [-0.2, -0.15) is 0 Å². The second-order valence-electron chi connectivity index (χ2n) is 5.74. The molecule has 0 aliphatic carbocycles. The average molecular weight is 378 g/mol. The van der Waals surface area contributed by atoms with Gasteiger partial charge in [0.1, 0.15) is 5.82 Å². The number of hydrogen-bond donors (Lipinski definition) is 3. The number of halogens is 2. The van der Waals surface area contributed by atoms with Crippen LogP contribution in [0.4, 0.5) is 9.18 Å². The third-order valence-electron chi connectivity index (χ3n) is 3.79. The van der Waals surface area contributed by atoms with Crippen LogP contribution in [0.3, 0.4) is 0 Å². The highest BCUT2D eigenvalue weighted by Gasteiger charge is 2.13. The standard InChI is InChI=1S/C19H21ClFN3O2/c1-2-17(14-5-7-15(20)8-6-14)24-18(25)12-23-19(26)22-11-13-3-9-16(21)10-4-13/h3-10,17H,2,11-12H2,1H3,(H,24,25)(H2,22,23,26)/t17-/m0/s1. The van der Waals surface area contributed by atoms with Crippen molar-refractivity contribution in [3.63, 3.8) is 0 Å². The number of carbonyl (C=O) groups excluding carboxylic acids is 2. The van der Waals surface area contributed by atoms with Gasteiger partial charge in [-0.3, -0.25) is 4.79 Å². The minimum atomic E-state index is -0.469. The normalized spacial score (nSPS) is 11.5. The van der Waals surface area contributed by atoms with Gasteiger partial charge >= 0.3 is 6.03 Å². The number of carbonyl (C=O) groups is 2. The Hall–Kier alpha value is -2.60. The molecule has 2 aromatic carbocycles. The highest BCUT2D eigenvalue weighted by molar-refractivity contribution is 6.30. The third-order valence-corrected chi connectivity index (χ3v) is 4.04. The fourth-order valence-corrected chi connectivity index (χ4v) is 2.50. The Bertz CT molecular complexity index is 735. The molecule has 0 fully saturated rings. The zero-order chi connectivity index (χ0) is 18.9. The average Bonchev–Trinajstić information content (AvgIpc) is 2.65. The molecule has 3 N–H and O–H groups in total. The Morgan fingerprint density at radius 2 is 1.69 bits per heavy atom. The number of hydrogen-bond acceptors (Lipinski definition) is 2. The quantitative estimate of drug-likeness (QED) is 0.690. The van der Waals surface area contributed by atoms with E-state index in [1.165, 1.54) is 12.1 Å². The zero-order valence-corrected chi connectivity index (χ0v) is 15.1. The molecule has 0 saturated carbocycles. The summed E-state index contributed by atoms with van der Waals surface area (Å²) < 4.78 is 12.8. The molecule has 0 unspecified atom stereocenters. The summed E-state index contributed by atoms with van der Waals surface area (Å²) in [5.74, 6) is -0.621. The van der Waals surface area contributed by atoms with Crippen LogP contribution in [0.5, 0.6) is 0 Å². The van der Waals surface area contributed by atoms with Crippen molar-refractivity contribution in [3.8, 4) is 0 Å². The van der Waals surface area contributed by atoms with E-state index in [-0.39, 0.29) is 30.9 Å². The second-order valence-corrected chi connectivity index (χ2v) is 6.18. The first-order chi connectivity index (χ1) is 12.5. The van der Waals surface area contributed by atoms with Crippen molar-refractivity contribution in [2.75, 3.05) is 6.54 Å². The van der Waals surface area contributed by atoms with Gasteiger partial charge in [-0.25, -0.2) is 9.18 Å². The lowest BCUT2D eigenvalue weighted by Gasteiger charge is -2.18. The molecule has 1 atom stereocenters. The van der Waals surface area contributed by atoms with Gasteiger partial charge in [0.25, 0.3) is 0 Å². The molecule has 3 amide bonds. The Kier molecular flexibility index (Phi) is 7.41. The van der Waals surface area contributed by atoms with E-state index >= 15 is 0 Å². The highest BCUT2D eigenvalue weighted by Crippen LogP contribution is 2.18. The van der Waals surface area contributed by atoms with Crippen LogP contribution in [-0.4, -0.2) is 18.5 Å². The van der Waals surface area contributed by atoms with E-state index in [1.54, 1.807) is 24.3 Å². The smallest absolute Gasteiger partial charge is 0.315 e. The van der Waals surface area contributed by atoms with Crippen LogP contribution in [0.25, 0.3) is 0 Å². The second kappa shape index (κ2) is 9.77. The molecule has 0 heterocycles. The molecule has 0 aliphatic heterocycles. The highest BCUT2D eigenvalue weighted by atomic mass is 35.5. The van der Waals surface area contributed by atoms with Crippen LogP contribution in [0.2, 0.25) is 5.02 Å². The Morgan fingerprint density at radius 3 is 2.31 bits per heavy atom. The van der Waals surface area contributed by atoms with Crippen molar-refractivity contribution in [2.24, 2.45) is 0 Å². The van der Waals surface area contributed by atoms with Crippen LogP contribution < -0.4 is 16.0 Å². The Labute approximate surface area is 156 Å². The van der Waals surface area contributed by atoms with Gasteiger partial charge in [-0.05, 0) is 41.8 Å². The Morgan fingerprint density at radius 1 is 1.04 bits per heavy atom. The molecule has 0 saturated heterocycles. The summed E-state index contributed by atoms with van der Waals surface area (Å²) in [5, 5.41) is 8.61. The number of rotatable bonds is 7. The van der Waals surface area contributed by atoms with Crippen LogP contribution in [0.15, 0.2) is 48.5 Å². The number of urea groups is 1. The number of amides is 3. The zero-order valence-electron chi connectivity index (χ0n) is 14.4. The molecule has 0 bridgehead atoms. The summed E-state index contributed by atoms with van der Waals surface area (Å²) in [7, 11) is 0. The van der Waals surface area contributed by atoms with Crippen molar-refractivity contribution in [2.45, 2.75) is 25.9 Å². The van der Waals surface area contributed by atoms with Crippen LogP contribution in [0.1, 0.15) is 30.5 Å². The van der Waals surface area contributed by atoms with Crippen molar-refractivity contribution in [3.05, 3.63) is 70.5 Å². The lowest BCUT2D eigenvalue weighted by Crippen LogP contribution is -2.42. The minimum absolute atomic E-state index is 0.140. The van der Waals surface area contributed by atoms with E-state index in [0.717, 1.165) is 11.1 Å². The van der Waals surface area contributed by atoms with Gasteiger partial charge in [0.15, 0.2) is 0 Å². The summed E-state index contributed by atoms with van der Waals surface area (Å²) >= 11 is 5.87. The number of nitrogens with one attached hydrogen (secondary N) is 3. The topological polar surface area (TPSA) is 70.2 Å². The minimum Gasteiger partial charge on any atom is -0.348 e. The predicted octanol–water partition coefficient (Wildman–Crippen LogP) is 3.55. The van der Waals surface area contributed by atoms with Gasteiger partial charge in [-0.15, -0.1) is 0 Å². The summed E-state index contributed by atoms with van der Waals surface area (Å²) in [6.07, 6.45) is 0.712. The van der Waals surface area contributed by atoms with Crippen LogP contribution >= 0.6 is 11.6 Å². The first kappa shape index (κ1) is 19.7. The first-order valence-corrected chi connectivity index (χ1v) is 8.66. The fraction of sp³-hybridized carbons (Fsp3) is 0.263. The van der Waals surface area contributed by atoms with Gasteiger partial charge in [0.05, 0.1) is 12.6 Å². The lowest BCUT2D eigenvalue weighted by atomic mass is 10.0. The first-order valence-electron chi connectivity index (χ1n) is 8.29. The summed E-state index contributed by atoms with van der Waals surface area (Å²) in [6, 6.07) is 12.5. The molecule has 138 valence electrons. The van der Waals surface area contributed by atoms with Crippen LogP contribution in [0, 0.1) is 5.82 Å². The van der Waals surface area contributed by atoms with E-state index in [2.05, 4.69) is 16.0 Å². The maximum absolute atomic E-state index is 12.8. The molecule has 0 aliphatic rings. The van der Waals surface area contributed by atoms with Gasteiger partial charge in [0, 0.05) is 11.6 Å². The van der Waals surface area contributed by atoms with Crippen molar-refractivity contribution in [1.82, 2.24) is 16.0 Å². The SMILES string of the molecule is CC[C@H](NC(=O)CNC(=O)NCc1ccc(F)cc1)c1ccc(Cl)cc1. The van der Waals surface area contributed by atoms with E-state index in [4.69, 9.17) is 11.6 Å². The maximum atomic E-state index is 12.8. The summed E-state index contributed by atoms with van der Waals surface area (Å²) in [4.78, 5) is 23.8. The Balaban J connectivity index is 1.75. The molecular weight excluding hydrogens is 357 g/mol. The monoisotopic (exact) mass is 377 g/mol. The molecule has 0 spiro atoms. The molecular formula is C19H21ClFN3O2. The van der Waals surface area contributed by atoms with Crippen molar-refractivity contribution < 1.29 is 14.0 Å². The van der Waals surface area contributed by atoms with E-state index < -0.39 is 6.03 Å². The molecule has 2 rings (SSSR count). The summed E-state index contributed by atoms with van der Waals surface area (Å²) in [6.45, 7) is 2.07. The number of benzene rings is 2.